The van der Waals surface area contributed by atoms with Crippen molar-refractivity contribution in [1.29, 1.82) is 5.26 Å². The van der Waals surface area contributed by atoms with E-state index >= 15 is 0 Å². The highest BCUT2D eigenvalue weighted by atomic mass is 31.2. The molecule has 1 rings (SSSR count). The van der Waals surface area contributed by atoms with E-state index in [4.69, 9.17) is 24.0 Å². The third-order valence-corrected chi connectivity index (χ3v) is 6.16. The maximum Gasteiger partial charge on any atom is 0.147 e. The van der Waals surface area contributed by atoms with Gasteiger partial charge in [-0.05, 0) is 41.3 Å². The highest BCUT2D eigenvalue weighted by Crippen LogP contribution is 2.45. The Bertz CT molecular complexity index is 400. The molecule has 1 fully saturated rings. The topological polar surface area (TPSA) is 64.0 Å². The van der Waals surface area contributed by atoms with Crippen LogP contribution in [0.2, 0.25) is 0 Å². The zero-order valence-corrected chi connectivity index (χ0v) is 17.0. The van der Waals surface area contributed by atoms with Crippen LogP contribution in [0.25, 0.3) is 0 Å². The zero-order chi connectivity index (χ0) is 18.3. The van der Waals surface area contributed by atoms with Crippen LogP contribution in [0.15, 0.2) is 0 Å². The molecule has 0 amide bonds. The Morgan fingerprint density at radius 2 is 1.88 bits per heavy atom. The maximum atomic E-state index is 8.52. The number of nitrogens with zero attached hydrogens (tertiary/aromatic N) is 2. The van der Waals surface area contributed by atoms with E-state index in [1.807, 2.05) is 20.8 Å². The molecule has 1 aliphatic heterocycles. The van der Waals surface area contributed by atoms with E-state index in [1.54, 1.807) is 0 Å². The van der Waals surface area contributed by atoms with Gasteiger partial charge >= 0.3 is 0 Å². The summed E-state index contributed by atoms with van der Waals surface area (Å²) in [5.74, 6) is 0. The molecule has 24 heavy (non-hydrogen) atoms. The van der Waals surface area contributed by atoms with Gasteiger partial charge in [-0.25, -0.2) is 0 Å². The summed E-state index contributed by atoms with van der Waals surface area (Å²) in [6.07, 6.45) is 0.0770. The molecule has 0 radical (unpaired) electrons. The molecule has 6 nitrogen and oxygen atoms in total. The number of rotatable bonds is 10. The lowest BCUT2D eigenvalue weighted by atomic mass is 9.93. The van der Waals surface area contributed by atoms with Crippen molar-refractivity contribution in [3.63, 3.8) is 0 Å². The third kappa shape index (κ3) is 6.26. The van der Waals surface area contributed by atoms with Crippen LogP contribution < -0.4 is 0 Å². The van der Waals surface area contributed by atoms with E-state index in [2.05, 4.69) is 39.0 Å². The van der Waals surface area contributed by atoms with Gasteiger partial charge in [0.05, 0.1) is 31.2 Å². The number of nitriles is 1. The summed E-state index contributed by atoms with van der Waals surface area (Å²) in [6.45, 7) is 13.5. The monoisotopic (exact) mass is 358 g/mol. The Labute approximate surface area is 149 Å². The van der Waals surface area contributed by atoms with Crippen molar-refractivity contribution < 1.29 is 18.7 Å². The first kappa shape index (κ1) is 21.8. The average molecular weight is 358 g/mol. The van der Waals surface area contributed by atoms with Crippen molar-refractivity contribution >= 4 is 16.1 Å². The Morgan fingerprint density at radius 1 is 1.25 bits per heavy atom. The highest BCUT2D eigenvalue weighted by molar-refractivity contribution is 7.49. The summed E-state index contributed by atoms with van der Waals surface area (Å²) in [5, 5.41) is 8.52. The van der Waals surface area contributed by atoms with Crippen LogP contribution in [0.4, 0.5) is 0 Å². The molecule has 0 N–H and O–H groups in total. The summed E-state index contributed by atoms with van der Waals surface area (Å²) >= 11 is 0. The van der Waals surface area contributed by atoms with E-state index < -0.39 is 8.30 Å². The lowest BCUT2D eigenvalue weighted by molar-refractivity contribution is -0.111. The molecule has 0 aromatic heterocycles. The first-order chi connectivity index (χ1) is 11.3. The molecule has 2 unspecified atom stereocenters. The van der Waals surface area contributed by atoms with Gasteiger partial charge in [-0.2, -0.15) is 5.26 Å². The minimum absolute atomic E-state index is 0.0183. The van der Waals surface area contributed by atoms with Crippen molar-refractivity contribution in [1.82, 2.24) is 4.67 Å². The molecular weight excluding hydrogens is 326 g/mol. The Morgan fingerprint density at radius 3 is 2.42 bits per heavy atom. The van der Waals surface area contributed by atoms with Crippen LogP contribution in [-0.4, -0.2) is 69.0 Å². The minimum atomic E-state index is -0.741. The van der Waals surface area contributed by atoms with E-state index in [-0.39, 0.29) is 31.1 Å². The zero-order valence-electron chi connectivity index (χ0n) is 16.1. The summed E-state index contributed by atoms with van der Waals surface area (Å²) < 4.78 is 25.9. The van der Waals surface area contributed by atoms with Crippen molar-refractivity contribution in [2.45, 2.75) is 77.4 Å². The molecule has 1 saturated heterocycles. The molecule has 8 heteroatoms. The van der Waals surface area contributed by atoms with Crippen LogP contribution in [-0.2, 0) is 18.7 Å². The van der Waals surface area contributed by atoms with Crippen LogP contribution >= 0.6 is 8.30 Å². The van der Waals surface area contributed by atoms with Crippen molar-refractivity contribution in [3.05, 3.63) is 0 Å². The molecule has 1 aliphatic rings. The van der Waals surface area contributed by atoms with Gasteiger partial charge in [0.25, 0.3) is 0 Å². The molecule has 0 aliphatic carbocycles. The second-order valence-electron chi connectivity index (χ2n) is 6.71. The summed E-state index contributed by atoms with van der Waals surface area (Å²) in [5.41, 5.74) is 0. The highest BCUT2D eigenvalue weighted by Gasteiger charge is 2.43. The largest absolute Gasteiger partial charge is 0.379 e. The maximum absolute atomic E-state index is 8.52. The van der Waals surface area contributed by atoms with E-state index in [0.29, 0.717) is 25.1 Å². The molecule has 0 bridgehead atoms. The second kappa shape index (κ2) is 10.7. The number of hydrogen-bond donors (Lipinski definition) is 0. The number of ether oxygens (including phenoxy) is 3. The van der Waals surface area contributed by atoms with Gasteiger partial charge in [0.1, 0.15) is 35.1 Å². The molecular formula is C16H32BN2O4P. The van der Waals surface area contributed by atoms with Gasteiger partial charge in [-0.1, -0.05) is 0 Å². The Hall–Kier alpha value is -0.215. The van der Waals surface area contributed by atoms with Crippen LogP contribution in [0.3, 0.4) is 0 Å². The van der Waals surface area contributed by atoms with Crippen molar-refractivity contribution in [2.24, 2.45) is 0 Å². The molecule has 0 aromatic rings. The number of hydrogen-bond acceptors (Lipinski definition) is 6. The molecule has 0 spiro atoms. The standard InChI is InChI=1S/C16H32BN2O4P/c1-11(2)19(12(3)4)24(6)23-14-13(5)22-16(17)15(14)21-10-20-9-7-8-18/h11-16H,7,9-10,17H2,1-6H3/t13-,14?,15+,16-,24?/m1/s1. The lowest BCUT2D eigenvalue weighted by Gasteiger charge is -2.37. The average Bonchev–Trinajstić information content (AvgIpc) is 2.72. The fourth-order valence-corrected chi connectivity index (χ4v) is 5.24. The predicted octanol–water partition coefficient (Wildman–Crippen LogP) is 2.08. The molecule has 138 valence electrons. The SMILES string of the molecule is B[C@@H]1O[C@H](C)C(OP(C)N(C(C)C)C(C)C)[C@@H]1OCOCCC#N. The van der Waals surface area contributed by atoms with E-state index in [9.17, 15) is 0 Å². The molecule has 5 atom stereocenters. The van der Waals surface area contributed by atoms with E-state index in [1.165, 1.54) is 0 Å². The fraction of sp³-hybridized carbons (Fsp3) is 0.938. The normalized spacial score (nSPS) is 28.7. The summed E-state index contributed by atoms with van der Waals surface area (Å²) in [6, 6.07) is 2.85. The molecule has 0 aromatic carbocycles. The second-order valence-corrected chi connectivity index (χ2v) is 8.31. The van der Waals surface area contributed by atoms with Gasteiger partial charge < -0.3 is 18.7 Å². The quantitative estimate of drug-likeness (QED) is 0.258. The van der Waals surface area contributed by atoms with Crippen LogP contribution in [0, 0.1) is 11.3 Å². The van der Waals surface area contributed by atoms with Gasteiger partial charge in [-0.15, -0.1) is 0 Å². The fourth-order valence-electron chi connectivity index (χ4n) is 3.18. The first-order valence-electron chi connectivity index (χ1n) is 8.70. The van der Waals surface area contributed by atoms with Gasteiger partial charge in [0.15, 0.2) is 0 Å². The van der Waals surface area contributed by atoms with Crippen LogP contribution in [0.5, 0.6) is 0 Å². The summed E-state index contributed by atoms with van der Waals surface area (Å²) in [4.78, 5) is 0. The first-order valence-corrected chi connectivity index (χ1v) is 10.4. The predicted molar refractivity (Wildman–Crippen MR) is 98.6 cm³/mol. The smallest absolute Gasteiger partial charge is 0.147 e. The summed E-state index contributed by atoms with van der Waals surface area (Å²) in [7, 11) is 1.26. The Kier molecular flexibility index (Phi) is 9.73. The van der Waals surface area contributed by atoms with Crippen molar-refractivity contribution in [2.75, 3.05) is 20.1 Å². The molecule has 1 heterocycles. The lowest BCUT2D eigenvalue weighted by Crippen LogP contribution is -2.39. The molecule has 0 saturated carbocycles. The Balaban J connectivity index is 2.63. The minimum Gasteiger partial charge on any atom is -0.379 e. The third-order valence-electron chi connectivity index (χ3n) is 4.04. The van der Waals surface area contributed by atoms with E-state index in [0.717, 1.165) is 0 Å². The van der Waals surface area contributed by atoms with Crippen LogP contribution in [0.1, 0.15) is 41.0 Å². The van der Waals surface area contributed by atoms with Gasteiger partial charge in [0.2, 0.25) is 0 Å². The van der Waals surface area contributed by atoms with Crippen molar-refractivity contribution in [3.8, 4) is 6.07 Å². The van der Waals surface area contributed by atoms with Gasteiger partial charge in [0, 0.05) is 12.1 Å². The van der Waals surface area contributed by atoms with Gasteiger partial charge in [-0.3, -0.25) is 4.67 Å².